The van der Waals surface area contributed by atoms with Gasteiger partial charge in [-0.25, -0.2) is 0 Å². The average molecular weight is 164 g/mol. The molecular weight excluding hydrogens is 156 g/mol. The van der Waals surface area contributed by atoms with E-state index in [0.29, 0.717) is 11.3 Å². The molecule has 4 heteroatoms. The van der Waals surface area contributed by atoms with Crippen molar-refractivity contribution in [1.29, 1.82) is 5.26 Å². The molecule has 0 spiro atoms. The molecule has 0 fully saturated rings. The minimum absolute atomic E-state index is 0.362. The van der Waals surface area contributed by atoms with E-state index < -0.39 is 6.10 Å². The van der Waals surface area contributed by atoms with Crippen LogP contribution in [0.3, 0.4) is 0 Å². The molecule has 0 aliphatic rings. The molecule has 1 atom stereocenters. The lowest BCUT2D eigenvalue weighted by atomic mass is 10.2. The SMILES string of the molecule is N#Cc1ccc(C(O)CO)nc1. The van der Waals surface area contributed by atoms with Crippen LogP contribution in [0, 0.1) is 11.3 Å². The highest BCUT2D eigenvalue weighted by molar-refractivity contribution is 5.26. The van der Waals surface area contributed by atoms with Gasteiger partial charge in [-0.05, 0) is 12.1 Å². The van der Waals surface area contributed by atoms with Crippen LogP contribution in [0.15, 0.2) is 18.3 Å². The summed E-state index contributed by atoms with van der Waals surface area (Å²) in [7, 11) is 0. The zero-order valence-corrected chi connectivity index (χ0v) is 6.31. The van der Waals surface area contributed by atoms with Crippen molar-refractivity contribution in [2.45, 2.75) is 6.10 Å². The minimum Gasteiger partial charge on any atom is -0.393 e. The van der Waals surface area contributed by atoms with Crippen LogP contribution >= 0.6 is 0 Å². The molecule has 0 aromatic carbocycles. The van der Waals surface area contributed by atoms with E-state index in [4.69, 9.17) is 15.5 Å². The highest BCUT2D eigenvalue weighted by atomic mass is 16.3. The molecule has 1 rings (SSSR count). The van der Waals surface area contributed by atoms with Crippen LogP contribution in [0.25, 0.3) is 0 Å². The van der Waals surface area contributed by atoms with E-state index in [2.05, 4.69) is 4.98 Å². The summed E-state index contributed by atoms with van der Waals surface area (Å²) in [5, 5.41) is 26.1. The second-order valence-corrected chi connectivity index (χ2v) is 2.28. The molecule has 1 aromatic heterocycles. The van der Waals surface area contributed by atoms with E-state index in [-0.39, 0.29) is 6.61 Å². The van der Waals surface area contributed by atoms with Crippen LogP contribution in [-0.2, 0) is 0 Å². The number of aliphatic hydroxyl groups excluding tert-OH is 2. The normalized spacial score (nSPS) is 12.1. The Balaban J connectivity index is 2.86. The number of hydrogen-bond acceptors (Lipinski definition) is 4. The van der Waals surface area contributed by atoms with Crippen molar-refractivity contribution < 1.29 is 10.2 Å². The predicted molar refractivity (Wildman–Crippen MR) is 41.0 cm³/mol. The predicted octanol–water partition coefficient (Wildman–Crippen LogP) is -0.0210. The topological polar surface area (TPSA) is 77.1 Å². The zero-order chi connectivity index (χ0) is 8.97. The van der Waals surface area contributed by atoms with Gasteiger partial charge in [0, 0.05) is 6.20 Å². The summed E-state index contributed by atoms with van der Waals surface area (Å²) in [6.07, 6.45) is 0.395. The second kappa shape index (κ2) is 3.81. The van der Waals surface area contributed by atoms with E-state index in [1.54, 1.807) is 6.07 Å². The summed E-state index contributed by atoms with van der Waals surface area (Å²) < 4.78 is 0. The van der Waals surface area contributed by atoms with Gasteiger partial charge in [0.15, 0.2) is 0 Å². The Hall–Kier alpha value is -1.44. The molecule has 0 radical (unpaired) electrons. The summed E-state index contributed by atoms with van der Waals surface area (Å²) in [5.74, 6) is 0. The molecule has 2 N–H and O–H groups in total. The molecule has 12 heavy (non-hydrogen) atoms. The standard InChI is InChI=1S/C8H8N2O2/c9-3-6-1-2-7(10-4-6)8(12)5-11/h1-2,4,8,11-12H,5H2. The van der Waals surface area contributed by atoms with Crippen molar-refractivity contribution in [2.24, 2.45) is 0 Å². The Bertz CT molecular complexity index is 289. The zero-order valence-electron chi connectivity index (χ0n) is 6.31. The number of aromatic nitrogens is 1. The Morgan fingerprint density at radius 2 is 2.33 bits per heavy atom. The van der Waals surface area contributed by atoms with Gasteiger partial charge >= 0.3 is 0 Å². The first kappa shape index (κ1) is 8.65. The van der Waals surface area contributed by atoms with Crippen LogP contribution in [0.4, 0.5) is 0 Å². The van der Waals surface area contributed by atoms with Crippen molar-refractivity contribution >= 4 is 0 Å². The van der Waals surface area contributed by atoms with Gasteiger partial charge < -0.3 is 10.2 Å². The number of hydrogen-bond donors (Lipinski definition) is 2. The van der Waals surface area contributed by atoms with Crippen molar-refractivity contribution in [3.63, 3.8) is 0 Å². The van der Waals surface area contributed by atoms with E-state index in [1.165, 1.54) is 12.3 Å². The molecular formula is C8H8N2O2. The smallest absolute Gasteiger partial charge is 0.119 e. The van der Waals surface area contributed by atoms with Gasteiger partial charge in [0.2, 0.25) is 0 Å². The maximum atomic E-state index is 9.10. The second-order valence-electron chi connectivity index (χ2n) is 2.28. The van der Waals surface area contributed by atoms with Gasteiger partial charge in [0.1, 0.15) is 12.2 Å². The van der Waals surface area contributed by atoms with Gasteiger partial charge in [-0.15, -0.1) is 0 Å². The van der Waals surface area contributed by atoms with Crippen molar-refractivity contribution in [3.05, 3.63) is 29.6 Å². The summed E-state index contributed by atoms with van der Waals surface area (Å²) in [5.41, 5.74) is 0.806. The molecule has 1 unspecified atom stereocenters. The van der Waals surface area contributed by atoms with Gasteiger partial charge in [-0.2, -0.15) is 5.26 Å². The third-order valence-electron chi connectivity index (χ3n) is 1.43. The van der Waals surface area contributed by atoms with Crippen LogP contribution < -0.4 is 0 Å². The number of aliphatic hydroxyl groups is 2. The van der Waals surface area contributed by atoms with Crippen LogP contribution in [0.2, 0.25) is 0 Å². The average Bonchev–Trinajstić information content (AvgIpc) is 2.17. The molecule has 0 aliphatic carbocycles. The lowest BCUT2D eigenvalue weighted by molar-refractivity contribution is 0.0922. The number of pyridine rings is 1. The molecule has 0 bridgehead atoms. The fourth-order valence-electron chi connectivity index (χ4n) is 0.762. The third-order valence-corrected chi connectivity index (χ3v) is 1.43. The summed E-state index contributed by atoms with van der Waals surface area (Å²) in [4.78, 5) is 3.79. The number of nitrogens with zero attached hydrogens (tertiary/aromatic N) is 2. The Morgan fingerprint density at radius 3 is 2.75 bits per heavy atom. The molecule has 62 valence electrons. The molecule has 4 nitrogen and oxygen atoms in total. The maximum absolute atomic E-state index is 9.10. The summed E-state index contributed by atoms with van der Waals surface area (Å²) >= 11 is 0. The van der Waals surface area contributed by atoms with Crippen LogP contribution in [0.5, 0.6) is 0 Å². The van der Waals surface area contributed by atoms with E-state index >= 15 is 0 Å². The summed E-state index contributed by atoms with van der Waals surface area (Å²) in [6.45, 7) is -0.362. The molecule has 0 saturated heterocycles. The third kappa shape index (κ3) is 1.78. The van der Waals surface area contributed by atoms with Gasteiger partial charge in [-0.3, -0.25) is 4.98 Å². The Labute approximate surface area is 69.7 Å². The first-order valence-electron chi connectivity index (χ1n) is 3.43. The quantitative estimate of drug-likeness (QED) is 0.644. The van der Waals surface area contributed by atoms with Crippen molar-refractivity contribution in [1.82, 2.24) is 4.98 Å². The lowest BCUT2D eigenvalue weighted by Crippen LogP contribution is -2.04. The number of nitriles is 1. The van der Waals surface area contributed by atoms with Gasteiger partial charge in [0.25, 0.3) is 0 Å². The van der Waals surface area contributed by atoms with E-state index in [9.17, 15) is 0 Å². The Morgan fingerprint density at radius 1 is 1.58 bits per heavy atom. The van der Waals surface area contributed by atoms with Crippen LogP contribution in [-0.4, -0.2) is 21.8 Å². The van der Waals surface area contributed by atoms with Gasteiger partial charge in [-0.1, -0.05) is 0 Å². The maximum Gasteiger partial charge on any atom is 0.119 e. The Kier molecular flexibility index (Phi) is 2.75. The molecule has 1 heterocycles. The van der Waals surface area contributed by atoms with E-state index in [1.807, 2.05) is 6.07 Å². The minimum atomic E-state index is -0.960. The first-order chi connectivity index (χ1) is 5.77. The van der Waals surface area contributed by atoms with Crippen molar-refractivity contribution in [2.75, 3.05) is 6.61 Å². The summed E-state index contributed by atoms with van der Waals surface area (Å²) in [6, 6.07) is 4.96. The number of rotatable bonds is 2. The highest BCUT2D eigenvalue weighted by Crippen LogP contribution is 2.08. The van der Waals surface area contributed by atoms with Gasteiger partial charge in [0.05, 0.1) is 17.9 Å². The largest absolute Gasteiger partial charge is 0.393 e. The molecule has 1 aromatic rings. The fourth-order valence-corrected chi connectivity index (χ4v) is 0.762. The van der Waals surface area contributed by atoms with E-state index in [0.717, 1.165) is 0 Å². The fraction of sp³-hybridized carbons (Fsp3) is 0.250. The van der Waals surface area contributed by atoms with Crippen molar-refractivity contribution in [3.8, 4) is 6.07 Å². The highest BCUT2D eigenvalue weighted by Gasteiger charge is 2.05. The van der Waals surface area contributed by atoms with Crippen LogP contribution in [0.1, 0.15) is 17.4 Å². The first-order valence-corrected chi connectivity index (χ1v) is 3.43. The molecule has 0 amide bonds. The monoisotopic (exact) mass is 164 g/mol. The lowest BCUT2D eigenvalue weighted by Gasteiger charge is -2.04. The molecule has 0 aliphatic heterocycles. The molecule has 0 saturated carbocycles.